The first-order chi connectivity index (χ1) is 9.61. The summed E-state index contributed by atoms with van der Waals surface area (Å²) in [7, 11) is 0. The zero-order chi connectivity index (χ0) is 14.2. The number of benzene rings is 1. The lowest BCUT2D eigenvalue weighted by Crippen LogP contribution is -2.33. The van der Waals surface area contributed by atoms with Crippen LogP contribution in [0.25, 0.3) is 0 Å². The fourth-order valence-electron chi connectivity index (χ4n) is 3.17. The van der Waals surface area contributed by atoms with Gasteiger partial charge in [-0.05, 0) is 55.5 Å². The van der Waals surface area contributed by atoms with Gasteiger partial charge in [0.15, 0.2) is 0 Å². The lowest BCUT2D eigenvalue weighted by molar-refractivity contribution is -0.123. The first-order valence-corrected chi connectivity index (χ1v) is 7.82. The number of hydrogen-bond acceptors (Lipinski definition) is 2. The van der Waals surface area contributed by atoms with Crippen molar-refractivity contribution in [3.63, 3.8) is 0 Å². The Morgan fingerprint density at radius 2 is 2.20 bits per heavy atom. The molecule has 108 valence electrons. The highest BCUT2D eigenvalue weighted by molar-refractivity contribution is 9.10. The van der Waals surface area contributed by atoms with Crippen molar-refractivity contribution < 1.29 is 9.18 Å². The highest BCUT2D eigenvalue weighted by atomic mass is 79.9. The van der Waals surface area contributed by atoms with Gasteiger partial charge in [0.25, 0.3) is 0 Å². The molecular weight excluding hydrogens is 323 g/mol. The maximum atomic E-state index is 13.0. The average Bonchev–Trinajstić information content (AvgIpc) is 3.12. The van der Waals surface area contributed by atoms with Crippen LogP contribution in [0, 0.1) is 17.2 Å². The van der Waals surface area contributed by atoms with Gasteiger partial charge in [0.2, 0.25) is 5.91 Å². The molecule has 1 saturated heterocycles. The Bertz CT molecular complexity index is 529. The van der Waals surface area contributed by atoms with Gasteiger partial charge in [-0.1, -0.05) is 22.0 Å². The fourth-order valence-corrected chi connectivity index (χ4v) is 3.66. The zero-order valence-electron chi connectivity index (χ0n) is 11.2. The van der Waals surface area contributed by atoms with E-state index in [-0.39, 0.29) is 23.1 Å². The van der Waals surface area contributed by atoms with Gasteiger partial charge >= 0.3 is 0 Å². The predicted octanol–water partition coefficient (Wildman–Crippen LogP) is 2.59. The Morgan fingerprint density at radius 1 is 1.45 bits per heavy atom. The maximum absolute atomic E-state index is 13.0. The van der Waals surface area contributed by atoms with Crippen molar-refractivity contribution in [1.82, 2.24) is 10.6 Å². The van der Waals surface area contributed by atoms with Crippen molar-refractivity contribution in [3.8, 4) is 0 Å². The number of piperidine rings is 1. The van der Waals surface area contributed by atoms with Gasteiger partial charge in [0, 0.05) is 16.9 Å². The Balaban J connectivity index is 1.55. The molecule has 1 aromatic rings. The van der Waals surface area contributed by atoms with Crippen LogP contribution in [-0.2, 0) is 11.3 Å². The largest absolute Gasteiger partial charge is 0.352 e. The minimum atomic E-state index is -0.275. The minimum absolute atomic E-state index is 0.142. The summed E-state index contributed by atoms with van der Waals surface area (Å²) in [5, 5.41) is 6.32. The SMILES string of the molecule is O=C(NCc1ccc(F)cc1Br)C1CC12CCNCC2. The monoisotopic (exact) mass is 340 g/mol. The molecule has 2 N–H and O–H groups in total. The van der Waals surface area contributed by atoms with E-state index >= 15 is 0 Å². The molecule has 1 aliphatic heterocycles. The number of amides is 1. The quantitative estimate of drug-likeness (QED) is 0.887. The van der Waals surface area contributed by atoms with Crippen LogP contribution in [0.5, 0.6) is 0 Å². The molecular formula is C15H18BrFN2O. The predicted molar refractivity (Wildman–Crippen MR) is 78.6 cm³/mol. The van der Waals surface area contributed by atoms with Gasteiger partial charge in [-0.15, -0.1) is 0 Å². The Morgan fingerprint density at radius 3 is 2.90 bits per heavy atom. The smallest absolute Gasteiger partial charge is 0.223 e. The average molecular weight is 341 g/mol. The fraction of sp³-hybridized carbons (Fsp3) is 0.533. The molecule has 2 aliphatic rings. The summed E-state index contributed by atoms with van der Waals surface area (Å²) in [6.45, 7) is 2.49. The van der Waals surface area contributed by atoms with E-state index in [1.54, 1.807) is 6.07 Å². The van der Waals surface area contributed by atoms with Crippen LogP contribution in [0.15, 0.2) is 22.7 Å². The van der Waals surface area contributed by atoms with E-state index < -0.39 is 0 Å². The summed E-state index contributed by atoms with van der Waals surface area (Å²) in [6.07, 6.45) is 3.22. The van der Waals surface area contributed by atoms with Gasteiger partial charge < -0.3 is 10.6 Å². The Kier molecular flexibility index (Phi) is 3.82. The third-order valence-electron chi connectivity index (χ3n) is 4.57. The molecule has 1 aliphatic carbocycles. The maximum Gasteiger partial charge on any atom is 0.223 e. The first-order valence-electron chi connectivity index (χ1n) is 7.03. The normalized spacial score (nSPS) is 23.6. The molecule has 1 spiro atoms. The van der Waals surface area contributed by atoms with Gasteiger partial charge in [-0.3, -0.25) is 4.79 Å². The van der Waals surface area contributed by atoms with Gasteiger partial charge in [-0.2, -0.15) is 0 Å². The van der Waals surface area contributed by atoms with E-state index in [4.69, 9.17) is 0 Å². The summed E-state index contributed by atoms with van der Waals surface area (Å²) in [4.78, 5) is 12.2. The molecule has 5 heteroatoms. The summed E-state index contributed by atoms with van der Waals surface area (Å²) < 4.78 is 13.7. The third kappa shape index (κ3) is 2.74. The number of carbonyl (C=O) groups is 1. The lowest BCUT2D eigenvalue weighted by Gasteiger charge is -2.23. The van der Waals surface area contributed by atoms with Crippen molar-refractivity contribution in [3.05, 3.63) is 34.1 Å². The van der Waals surface area contributed by atoms with Crippen molar-refractivity contribution in [1.29, 1.82) is 0 Å². The second kappa shape index (κ2) is 5.45. The summed E-state index contributed by atoms with van der Waals surface area (Å²) in [5.41, 5.74) is 1.16. The van der Waals surface area contributed by atoms with Crippen LogP contribution in [0.2, 0.25) is 0 Å². The number of hydrogen-bond donors (Lipinski definition) is 2. The summed E-state index contributed by atoms with van der Waals surface area (Å²) >= 11 is 3.32. The van der Waals surface area contributed by atoms with Crippen LogP contribution in [0.3, 0.4) is 0 Å². The van der Waals surface area contributed by atoms with Crippen molar-refractivity contribution in [2.75, 3.05) is 13.1 Å². The van der Waals surface area contributed by atoms with E-state index in [1.807, 2.05) is 0 Å². The number of halogens is 2. The lowest BCUT2D eigenvalue weighted by atomic mass is 9.92. The Hall–Kier alpha value is -0.940. The first kappa shape index (κ1) is 14.0. The molecule has 3 nitrogen and oxygen atoms in total. The van der Waals surface area contributed by atoms with Gasteiger partial charge in [0.05, 0.1) is 0 Å². The van der Waals surface area contributed by atoms with E-state index in [0.29, 0.717) is 11.0 Å². The topological polar surface area (TPSA) is 41.1 Å². The van der Waals surface area contributed by atoms with Crippen molar-refractivity contribution >= 4 is 21.8 Å². The molecule has 0 bridgehead atoms. The molecule has 0 aromatic heterocycles. The molecule has 1 saturated carbocycles. The van der Waals surface area contributed by atoms with E-state index in [0.717, 1.165) is 37.9 Å². The van der Waals surface area contributed by atoms with Gasteiger partial charge in [-0.25, -0.2) is 4.39 Å². The third-order valence-corrected chi connectivity index (χ3v) is 5.31. The highest BCUT2D eigenvalue weighted by Gasteiger charge is 2.57. The number of rotatable bonds is 3. The van der Waals surface area contributed by atoms with Gasteiger partial charge in [0.1, 0.15) is 5.82 Å². The number of carbonyl (C=O) groups excluding carboxylic acids is 1. The molecule has 1 aromatic carbocycles. The zero-order valence-corrected chi connectivity index (χ0v) is 12.8. The van der Waals surface area contributed by atoms with E-state index in [1.165, 1.54) is 12.1 Å². The molecule has 0 radical (unpaired) electrons. The standard InChI is InChI=1S/C15H18BrFN2O/c16-13-7-11(17)2-1-10(13)9-19-14(20)12-8-15(12)3-5-18-6-4-15/h1-2,7,12,18H,3-6,8-9H2,(H,19,20). The van der Waals surface area contributed by atoms with E-state index in [9.17, 15) is 9.18 Å². The number of nitrogens with one attached hydrogen (secondary N) is 2. The molecule has 1 unspecified atom stereocenters. The molecule has 2 fully saturated rings. The summed E-state index contributed by atoms with van der Waals surface area (Å²) in [6, 6.07) is 4.54. The van der Waals surface area contributed by atoms with Crippen LogP contribution >= 0.6 is 15.9 Å². The minimum Gasteiger partial charge on any atom is -0.352 e. The van der Waals surface area contributed by atoms with E-state index in [2.05, 4.69) is 26.6 Å². The molecule has 3 rings (SSSR count). The van der Waals surface area contributed by atoms with Crippen LogP contribution in [-0.4, -0.2) is 19.0 Å². The second-order valence-corrected chi connectivity index (χ2v) is 6.68. The molecule has 1 heterocycles. The van der Waals surface area contributed by atoms with Crippen LogP contribution < -0.4 is 10.6 Å². The molecule has 20 heavy (non-hydrogen) atoms. The molecule has 1 atom stereocenters. The summed E-state index contributed by atoms with van der Waals surface area (Å²) in [5.74, 6) is 0.0368. The van der Waals surface area contributed by atoms with Crippen molar-refractivity contribution in [2.24, 2.45) is 11.3 Å². The highest BCUT2D eigenvalue weighted by Crippen LogP contribution is 2.58. The van der Waals surface area contributed by atoms with Crippen molar-refractivity contribution in [2.45, 2.75) is 25.8 Å². The Labute approximate surface area is 126 Å². The van der Waals surface area contributed by atoms with Crippen LogP contribution in [0.1, 0.15) is 24.8 Å². The second-order valence-electron chi connectivity index (χ2n) is 5.82. The van der Waals surface area contributed by atoms with Crippen LogP contribution in [0.4, 0.5) is 4.39 Å². The molecule has 1 amide bonds.